The Morgan fingerprint density at radius 1 is 1.47 bits per heavy atom. The van der Waals surface area contributed by atoms with Gasteiger partial charge in [0.2, 0.25) is 0 Å². The Morgan fingerprint density at radius 3 is 2.84 bits per heavy atom. The number of rotatable bonds is 7. The minimum absolute atomic E-state index is 0.0411. The summed E-state index contributed by atoms with van der Waals surface area (Å²) in [6.45, 7) is 3.87. The number of carbonyl (C=O) groups is 2. The molecular weight excluding hydrogens is 246 g/mol. The van der Waals surface area contributed by atoms with E-state index in [1.807, 2.05) is 0 Å². The molecule has 108 valence electrons. The highest BCUT2D eigenvalue weighted by Gasteiger charge is 2.35. The Bertz CT molecular complexity index is 355. The average molecular weight is 269 g/mol. The van der Waals surface area contributed by atoms with Crippen LogP contribution in [-0.2, 0) is 9.53 Å². The summed E-state index contributed by atoms with van der Waals surface area (Å²) in [5.74, 6) is -0.198. The number of nitrogens with zero attached hydrogens (tertiary/aromatic N) is 1. The standard InChI is InChI=1S/C13H23N3O3/c1-3-4-5-6-7-10-8-11(19-12(10)17)9(2)15-16-13(14)18/h10-11H,3-8H2,1-2H3,(H3,14,16,18)/t10-,11-/m1/s1. The van der Waals surface area contributed by atoms with E-state index < -0.39 is 6.03 Å². The van der Waals surface area contributed by atoms with Crippen molar-refractivity contribution in [2.24, 2.45) is 16.8 Å². The largest absolute Gasteiger partial charge is 0.456 e. The van der Waals surface area contributed by atoms with E-state index in [4.69, 9.17) is 10.5 Å². The lowest BCUT2D eigenvalue weighted by molar-refractivity contribution is -0.142. The van der Waals surface area contributed by atoms with Crippen LogP contribution in [0.15, 0.2) is 5.10 Å². The third-order valence-electron chi connectivity index (χ3n) is 3.30. The second-order valence-electron chi connectivity index (χ2n) is 4.94. The van der Waals surface area contributed by atoms with Crippen LogP contribution >= 0.6 is 0 Å². The molecule has 1 saturated heterocycles. The summed E-state index contributed by atoms with van der Waals surface area (Å²) in [6, 6.07) is -0.722. The first kappa shape index (κ1) is 15.5. The van der Waals surface area contributed by atoms with Crippen LogP contribution in [0, 0.1) is 5.92 Å². The molecule has 6 heteroatoms. The number of hydrazone groups is 1. The molecule has 3 N–H and O–H groups in total. The normalized spacial score (nSPS) is 23.3. The van der Waals surface area contributed by atoms with Gasteiger partial charge in [0.1, 0.15) is 6.10 Å². The average Bonchev–Trinajstić information content (AvgIpc) is 2.73. The van der Waals surface area contributed by atoms with Gasteiger partial charge in [0.05, 0.1) is 11.6 Å². The zero-order chi connectivity index (χ0) is 14.3. The first-order valence-electron chi connectivity index (χ1n) is 6.84. The molecule has 0 radical (unpaired) electrons. The van der Waals surface area contributed by atoms with E-state index in [9.17, 15) is 9.59 Å². The topological polar surface area (TPSA) is 93.8 Å². The molecule has 1 aliphatic rings. The molecule has 0 spiro atoms. The number of esters is 1. The number of carbonyl (C=O) groups excluding carboxylic acids is 2. The molecule has 1 fully saturated rings. The number of primary amides is 1. The lowest BCUT2D eigenvalue weighted by Gasteiger charge is -2.07. The summed E-state index contributed by atoms with van der Waals surface area (Å²) >= 11 is 0. The number of hydrogen-bond acceptors (Lipinski definition) is 4. The molecule has 0 aromatic rings. The predicted octanol–water partition coefficient (Wildman–Crippen LogP) is 1.93. The molecule has 1 rings (SSSR count). The van der Waals surface area contributed by atoms with Gasteiger partial charge in [-0.25, -0.2) is 10.2 Å². The lowest BCUT2D eigenvalue weighted by Crippen LogP contribution is -2.28. The number of cyclic esters (lactones) is 1. The molecule has 2 amide bonds. The number of nitrogens with two attached hydrogens (primary N) is 1. The van der Waals surface area contributed by atoms with Crippen LogP contribution in [0.25, 0.3) is 0 Å². The van der Waals surface area contributed by atoms with Gasteiger partial charge in [-0.15, -0.1) is 0 Å². The van der Waals surface area contributed by atoms with Gasteiger partial charge in [-0.05, 0) is 13.3 Å². The Balaban J connectivity index is 2.39. The van der Waals surface area contributed by atoms with Gasteiger partial charge >= 0.3 is 12.0 Å². The maximum atomic E-state index is 11.7. The molecular formula is C13H23N3O3. The molecule has 1 heterocycles. The molecule has 0 aliphatic carbocycles. The number of nitrogens with one attached hydrogen (secondary N) is 1. The van der Waals surface area contributed by atoms with Crippen molar-refractivity contribution in [3.05, 3.63) is 0 Å². The number of amides is 2. The molecule has 1 aliphatic heterocycles. The Morgan fingerprint density at radius 2 is 2.21 bits per heavy atom. The van der Waals surface area contributed by atoms with E-state index in [-0.39, 0.29) is 18.0 Å². The van der Waals surface area contributed by atoms with Crippen molar-refractivity contribution in [3.8, 4) is 0 Å². The fraction of sp³-hybridized carbons (Fsp3) is 0.769. The van der Waals surface area contributed by atoms with Gasteiger partial charge in [0.25, 0.3) is 0 Å². The van der Waals surface area contributed by atoms with Crippen LogP contribution in [0.5, 0.6) is 0 Å². The third kappa shape index (κ3) is 5.28. The van der Waals surface area contributed by atoms with Crippen molar-refractivity contribution in [2.45, 2.75) is 58.5 Å². The van der Waals surface area contributed by atoms with Crippen molar-refractivity contribution >= 4 is 17.7 Å². The fourth-order valence-corrected chi connectivity index (χ4v) is 2.16. The van der Waals surface area contributed by atoms with E-state index in [0.717, 1.165) is 19.3 Å². The first-order valence-corrected chi connectivity index (χ1v) is 6.84. The molecule has 0 unspecified atom stereocenters. The second-order valence-corrected chi connectivity index (χ2v) is 4.94. The van der Waals surface area contributed by atoms with Crippen molar-refractivity contribution in [1.29, 1.82) is 0 Å². The van der Waals surface area contributed by atoms with Gasteiger partial charge in [0, 0.05) is 6.42 Å². The van der Waals surface area contributed by atoms with Gasteiger partial charge < -0.3 is 10.5 Å². The van der Waals surface area contributed by atoms with Crippen molar-refractivity contribution in [2.75, 3.05) is 0 Å². The SMILES string of the molecule is CCCCCC[C@@H]1C[C@H](C(C)=NNC(N)=O)OC1=O. The zero-order valence-corrected chi connectivity index (χ0v) is 11.6. The highest BCUT2D eigenvalue weighted by Crippen LogP contribution is 2.27. The van der Waals surface area contributed by atoms with Crippen molar-refractivity contribution < 1.29 is 14.3 Å². The van der Waals surface area contributed by atoms with Gasteiger partial charge in [-0.2, -0.15) is 5.10 Å². The van der Waals surface area contributed by atoms with E-state index in [1.54, 1.807) is 6.92 Å². The van der Waals surface area contributed by atoms with E-state index >= 15 is 0 Å². The fourth-order valence-electron chi connectivity index (χ4n) is 2.16. The highest BCUT2D eigenvalue weighted by molar-refractivity contribution is 5.91. The van der Waals surface area contributed by atoms with Gasteiger partial charge in [-0.1, -0.05) is 32.6 Å². The number of urea groups is 1. The van der Waals surface area contributed by atoms with Crippen LogP contribution in [0.2, 0.25) is 0 Å². The predicted molar refractivity (Wildman–Crippen MR) is 72.6 cm³/mol. The molecule has 0 bridgehead atoms. The van der Waals surface area contributed by atoms with Crippen LogP contribution in [0.3, 0.4) is 0 Å². The van der Waals surface area contributed by atoms with Crippen LogP contribution < -0.4 is 11.2 Å². The lowest BCUT2D eigenvalue weighted by atomic mass is 9.96. The minimum Gasteiger partial charge on any atom is -0.456 e. The van der Waals surface area contributed by atoms with Gasteiger partial charge in [-0.3, -0.25) is 4.79 Å². The minimum atomic E-state index is -0.722. The molecule has 19 heavy (non-hydrogen) atoms. The van der Waals surface area contributed by atoms with E-state index in [1.165, 1.54) is 12.8 Å². The summed E-state index contributed by atoms with van der Waals surface area (Å²) in [5.41, 5.74) is 7.64. The second kappa shape index (κ2) is 7.76. The van der Waals surface area contributed by atoms with E-state index in [2.05, 4.69) is 17.5 Å². The zero-order valence-electron chi connectivity index (χ0n) is 11.6. The Kier molecular flexibility index (Phi) is 6.32. The molecule has 0 aromatic heterocycles. The number of unbranched alkanes of at least 4 members (excludes halogenated alkanes) is 3. The van der Waals surface area contributed by atoms with Crippen LogP contribution in [0.4, 0.5) is 4.79 Å². The molecule has 2 atom stereocenters. The molecule has 0 aromatic carbocycles. The summed E-state index contributed by atoms with van der Waals surface area (Å²) < 4.78 is 5.26. The summed E-state index contributed by atoms with van der Waals surface area (Å²) in [6.07, 6.45) is 5.76. The Hall–Kier alpha value is -1.59. The number of ether oxygens (including phenoxy) is 1. The Labute approximate surface area is 113 Å². The summed E-state index contributed by atoms with van der Waals surface area (Å²) in [4.78, 5) is 22.2. The van der Waals surface area contributed by atoms with Crippen LogP contribution in [0.1, 0.15) is 52.4 Å². The first-order chi connectivity index (χ1) is 9.04. The van der Waals surface area contributed by atoms with E-state index in [0.29, 0.717) is 12.1 Å². The molecule has 0 saturated carbocycles. The monoisotopic (exact) mass is 269 g/mol. The van der Waals surface area contributed by atoms with Crippen molar-refractivity contribution in [3.63, 3.8) is 0 Å². The summed E-state index contributed by atoms with van der Waals surface area (Å²) in [5, 5.41) is 3.80. The maximum absolute atomic E-state index is 11.7. The highest BCUT2D eigenvalue weighted by atomic mass is 16.6. The molecule has 6 nitrogen and oxygen atoms in total. The quantitative estimate of drug-likeness (QED) is 0.320. The summed E-state index contributed by atoms with van der Waals surface area (Å²) in [7, 11) is 0. The van der Waals surface area contributed by atoms with Crippen molar-refractivity contribution in [1.82, 2.24) is 5.43 Å². The van der Waals surface area contributed by atoms with Gasteiger partial charge in [0.15, 0.2) is 0 Å². The maximum Gasteiger partial charge on any atom is 0.332 e. The van der Waals surface area contributed by atoms with Crippen LogP contribution in [-0.4, -0.2) is 23.8 Å². The number of hydrogen-bond donors (Lipinski definition) is 2. The smallest absolute Gasteiger partial charge is 0.332 e. The third-order valence-corrected chi connectivity index (χ3v) is 3.30.